The molecule has 5 heteroatoms. The van der Waals surface area contributed by atoms with Crippen molar-refractivity contribution in [1.29, 1.82) is 0 Å². The SMILES string of the molecule is CCCCOc1ccc(-c2c(C)c3cc(OCCCC)ccc3n2Cc2ccc(OCCOC)cc2)cc1. The molecule has 0 saturated heterocycles. The Bertz CT molecular complexity index is 1280. The molecule has 4 aromatic rings. The van der Waals surface area contributed by atoms with Gasteiger partial charge in [0.2, 0.25) is 0 Å². The summed E-state index contributed by atoms with van der Waals surface area (Å²) in [5, 5.41) is 1.22. The van der Waals surface area contributed by atoms with Crippen LogP contribution in [0.25, 0.3) is 22.2 Å². The Kier molecular flexibility index (Phi) is 10.1. The van der Waals surface area contributed by atoms with E-state index < -0.39 is 0 Å². The van der Waals surface area contributed by atoms with E-state index in [1.165, 1.54) is 33.3 Å². The summed E-state index contributed by atoms with van der Waals surface area (Å²) in [6, 6.07) is 23.3. The van der Waals surface area contributed by atoms with E-state index in [0.29, 0.717) is 13.2 Å². The number of benzene rings is 3. The Balaban J connectivity index is 1.67. The molecule has 0 saturated carbocycles. The third-order valence-corrected chi connectivity index (χ3v) is 6.77. The first-order valence-electron chi connectivity index (χ1n) is 13.8. The Morgan fingerprint density at radius 2 is 1.24 bits per heavy atom. The van der Waals surface area contributed by atoms with Crippen molar-refractivity contribution in [2.24, 2.45) is 0 Å². The standard InChI is InChI=1S/C33H41NO4/c1-5-7-19-36-29-15-11-27(12-16-29)33-25(3)31-23-30(37-20-8-6-2)17-18-32(31)34(33)24-26-9-13-28(14-10-26)38-22-21-35-4/h9-18,23H,5-8,19-22,24H2,1-4H3. The molecule has 0 spiro atoms. The molecule has 0 aliphatic rings. The van der Waals surface area contributed by atoms with Gasteiger partial charge in [-0.1, -0.05) is 38.8 Å². The van der Waals surface area contributed by atoms with Crippen LogP contribution in [0.2, 0.25) is 0 Å². The van der Waals surface area contributed by atoms with Gasteiger partial charge in [-0.15, -0.1) is 0 Å². The summed E-state index contributed by atoms with van der Waals surface area (Å²) in [6.45, 7) is 9.94. The van der Waals surface area contributed by atoms with Crippen molar-refractivity contribution >= 4 is 10.9 Å². The molecule has 5 nitrogen and oxygen atoms in total. The molecule has 0 fully saturated rings. The van der Waals surface area contributed by atoms with Gasteiger partial charge in [-0.05, 0) is 91.1 Å². The van der Waals surface area contributed by atoms with Gasteiger partial charge in [0.15, 0.2) is 0 Å². The van der Waals surface area contributed by atoms with Crippen molar-refractivity contribution in [2.75, 3.05) is 33.5 Å². The topological polar surface area (TPSA) is 41.9 Å². The quantitative estimate of drug-likeness (QED) is 0.150. The second-order valence-corrected chi connectivity index (χ2v) is 9.65. The van der Waals surface area contributed by atoms with E-state index in [9.17, 15) is 0 Å². The lowest BCUT2D eigenvalue weighted by atomic mass is 10.1. The number of rotatable bonds is 15. The van der Waals surface area contributed by atoms with Crippen LogP contribution in [0.3, 0.4) is 0 Å². The molecule has 202 valence electrons. The number of methoxy groups -OCH3 is 1. The summed E-state index contributed by atoms with van der Waals surface area (Å²) in [5.74, 6) is 2.69. The monoisotopic (exact) mass is 515 g/mol. The van der Waals surface area contributed by atoms with Crippen LogP contribution < -0.4 is 14.2 Å². The summed E-state index contributed by atoms with van der Waals surface area (Å²) in [6.07, 6.45) is 4.37. The van der Waals surface area contributed by atoms with Crippen LogP contribution in [0.4, 0.5) is 0 Å². The van der Waals surface area contributed by atoms with Crippen LogP contribution in [-0.4, -0.2) is 38.1 Å². The van der Waals surface area contributed by atoms with E-state index in [2.05, 4.69) is 79.9 Å². The molecule has 1 heterocycles. The molecule has 0 atom stereocenters. The van der Waals surface area contributed by atoms with E-state index in [-0.39, 0.29) is 0 Å². The van der Waals surface area contributed by atoms with Crippen LogP contribution in [0.5, 0.6) is 17.2 Å². The molecule has 0 radical (unpaired) electrons. The first kappa shape index (κ1) is 27.6. The summed E-state index contributed by atoms with van der Waals surface area (Å²) in [5.41, 5.74) is 6.05. The Hall–Kier alpha value is -3.44. The zero-order chi connectivity index (χ0) is 26.7. The molecule has 0 N–H and O–H groups in total. The molecular formula is C33H41NO4. The fourth-order valence-electron chi connectivity index (χ4n) is 4.62. The van der Waals surface area contributed by atoms with E-state index in [1.54, 1.807) is 7.11 Å². The number of hydrogen-bond acceptors (Lipinski definition) is 4. The average Bonchev–Trinajstić information content (AvgIpc) is 3.21. The Morgan fingerprint density at radius 3 is 1.87 bits per heavy atom. The van der Waals surface area contributed by atoms with E-state index >= 15 is 0 Å². The maximum Gasteiger partial charge on any atom is 0.120 e. The predicted molar refractivity (Wildman–Crippen MR) is 156 cm³/mol. The van der Waals surface area contributed by atoms with Crippen LogP contribution in [-0.2, 0) is 11.3 Å². The highest BCUT2D eigenvalue weighted by atomic mass is 16.5. The van der Waals surface area contributed by atoms with Gasteiger partial charge < -0.3 is 23.5 Å². The summed E-state index contributed by atoms with van der Waals surface area (Å²) in [4.78, 5) is 0. The molecule has 0 aliphatic heterocycles. The first-order valence-corrected chi connectivity index (χ1v) is 13.8. The molecule has 38 heavy (non-hydrogen) atoms. The molecule has 0 amide bonds. The first-order chi connectivity index (χ1) is 18.6. The average molecular weight is 516 g/mol. The van der Waals surface area contributed by atoms with Gasteiger partial charge in [0.25, 0.3) is 0 Å². The Morgan fingerprint density at radius 1 is 0.658 bits per heavy atom. The lowest BCUT2D eigenvalue weighted by molar-refractivity contribution is 0.146. The van der Waals surface area contributed by atoms with Crippen LogP contribution in [0.15, 0.2) is 66.7 Å². The normalized spacial score (nSPS) is 11.2. The summed E-state index contributed by atoms with van der Waals surface area (Å²) < 4.78 is 25.2. The number of ether oxygens (including phenoxy) is 4. The van der Waals surface area contributed by atoms with Crippen LogP contribution in [0, 0.1) is 6.92 Å². The highest BCUT2D eigenvalue weighted by Crippen LogP contribution is 2.36. The highest BCUT2D eigenvalue weighted by Gasteiger charge is 2.17. The van der Waals surface area contributed by atoms with Crippen molar-refractivity contribution < 1.29 is 18.9 Å². The number of aryl methyl sites for hydroxylation is 1. The van der Waals surface area contributed by atoms with Crippen molar-refractivity contribution in [3.63, 3.8) is 0 Å². The fraction of sp³-hybridized carbons (Fsp3) is 0.394. The molecule has 4 rings (SSSR count). The van der Waals surface area contributed by atoms with Gasteiger partial charge in [0.05, 0.1) is 25.5 Å². The minimum Gasteiger partial charge on any atom is -0.494 e. The largest absolute Gasteiger partial charge is 0.494 e. The molecule has 0 bridgehead atoms. The van der Waals surface area contributed by atoms with Gasteiger partial charge in [-0.3, -0.25) is 0 Å². The number of nitrogens with zero attached hydrogens (tertiary/aromatic N) is 1. The molecule has 1 aromatic heterocycles. The third kappa shape index (κ3) is 6.90. The van der Waals surface area contributed by atoms with Gasteiger partial charge in [-0.2, -0.15) is 0 Å². The molecular weight excluding hydrogens is 474 g/mol. The lowest BCUT2D eigenvalue weighted by Gasteiger charge is -2.14. The van der Waals surface area contributed by atoms with Gasteiger partial charge in [0, 0.05) is 24.6 Å². The predicted octanol–water partition coefficient (Wildman–Crippen LogP) is 8.05. The number of unbranched alkanes of at least 4 members (excludes halogenated alkanes) is 2. The van der Waals surface area contributed by atoms with Crippen molar-refractivity contribution in [3.05, 3.63) is 77.9 Å². The molecule has 0 unspecified atom stereocenters. The van der Waals surface area contributed by atoms with Gasteiger partial charge in [-0.25, -0.2) is 0 Å². The second-order valence-electron chi connectivity index (χ2n) is 9.65. The lowest BCUT2D eigenvalue weighted by Crippen LogP contribution is -2.05. The maximum atomic E-state index is 6.05. The smallest absolute Gasteiger partial charge is 0.120 e. The minimum absolute atomic E-state index is 0.544. The summed E-state index contributed by atoms with van der Waals surface area (Å²) >= 11 is 0. The van der Waals surface area contributed by atoms with Crippen LogP contribution in [0.1, 0.15) is 50.7 Å². The highest BCUT2D eigenvalue weighted by molar-refractivity contribution is 5.92. The minimum atomic E-state index is 0.544. The van der Waals surface area contributed by atoms with Gasteiger partial charge >= 0.3 is 0 Å². The van der Waals surface area contributed by atoms with Crippen molar-refractivity contribution in [2.45, 2.75) is 53.0 Å². The second kappa shape index (κ2) is 13.9. The van der Waals surface area contributed by atoms with E-state index in [4.69, 9.17) is 18.9 Å². The zero-order valence-corrected chi connectivity index (χ0v) is 23.3. The van der Waals surface area contributed by atoms with Gasteiger partial charge in [0.1, 0.15) is 23.9 Å². The van der Waals surface area contributed by atoms with Crippen LogP contribution >= 0.6 is 0 Å². The number of fused-ring (bicyclic) bond motifs is 1. The maximum absolute atomic E-state index is 6.05. The molecule has 3 aromatic carbocycles. The van der Waals surface area contributed by atoms with E-state index in [0.717, 1.165) is 62.7 Å². The van der Waals surface area contributed by atoms with Crippen molar-refractivity contribution in [1.82, 2.24) is 4.57 Å². The fourth-order valence-corrected chi connectivity index (χ4v) is 4.62. The van der Waals surface area contributed by atoms with Crippen molar-refractivity contribution in [3.8, 4) is 28.5 Å². The Labute approximate surface area is 227 Å². The number of hydrogen-bond donors (Lipinski definition) is 0. The van der Waals surface area contributed by atoms with E-state index in [1.807, 2.05) is 12.1 Å². The molecule has 0 aliphatic carbocycles. The summed E-state index contributed by atoms with van der Waals surface area (Å²) in [7, 11) is 1.68. The zero-order valence-electron chi connectivity index (χ0n) is 23.3. The third-order valence-electron chi connectivity index (χ3n) is 6.77. The number of aromatic nitrogens is 1.